The molecule has 0 bridgehead atoms. The second-order valence-corrected chi connectivity index (χ2v) is 19.1. The van der Waals surface area contributed by atoms with E-state index in [1.54, 1.807) is 29.0 Å². The number of carbonyl (C=O) groups excluding carboxylic acids is 1. The summed E-state index contributed by atoms with van der Waals surface area (Å²) >= 11 is 5.54. The second kappa shape index (κ2) is 16.5. The van der Waals surface area contributed by atoms with Crippen LogP contribution >= 0.6 is 34.0 Å². The van der Waals surface area contributed by atoms with Crippen molar-refractivity contribution >= 4 is 80.3 Å². The van der Waals surface area contributed by atoms with Crippen LogP contribution in [0.5, 0.6) is 0 Å². The maximum Gasteiger partial charge on any atom is 0.164 e. The summed E-state index contributed by atoms with van der Waals surface area (Å²) < 4.78 is 3.99. The zero-order valence-corrected chi connectivity index (χ0v) is 37.8. The van der Waals surface area contributed by atoms with Gasteiger partial charge in [-0.2, -0.15) is 11.3 Å². The summed E-state index contributed by atoms with van der Waals surface area (Å²) in [5.41, 5.74) is 4.28. The minimum absolute atomic E-state index is 0. The summed E-state index contributed by atoms with van der Waals surface area (Å²) in [6.45, 7) is 25.8. The Hall–Kier alpha value is -2.48. The molecule has 0 fully saturated rings. The van der Waals surface area contributed by atoms with Crippen LogP contribution in [0.2, 0.25) is 0 Å². The van der Waals surface area contributed by atoms with Gasteiger partial charge < -0.3 is 5.11 Å². The third-order valence-corrected chi connectivity index (χ3v) is 14.5. The Balaban J connectivity index is 0.000000289. The van der Waals surface area contributed by atoms with E-state index in [1.165, 1.54) is 57.7 Å². The first-order valence-electron chi connectivity index (χ1n) is 18.5. The molecule has 0 saturated heterocycles. The normalized spacial score (nSPS) is 12.9. The molecule has 0 saturated carbocycles. The molecule has 0 unspecified atom stereocenters. The molecule has 0 amide bonds. The van der Waals surface area contributed by atoms with Crippen molar-refractivity contribution in [3.8, 4) is 11.3 Å². The molecule has 8 heteroatoms. The Morgan fingerprint density at radius 3 is 2.15 bits per heavy atom. The van der Waals surface area contributed by atoms with Crippen LogP contribution in [-0.4, -0.2) is 20.9 Å². The van der Waals surface area contributed by atoms with E-state index >= 15 is 0 Å². The largest absolute Gasteiger partial charge is 0.512 e. The summed E-state index contributed by atoms with van der Waals surface area (Å²) in [5, 5.41) is 17.3. The van der Waals surface area contributed by atoms with Crippen LogP contribution in [-0.2, 0) is 36.7 Å². The molecule has 4 aromatic heterocycles. The summed E-state index contributed by atoms with van der Waals surface area (Å²) in [4.78, 5) is 24.3. The monoisotopic (exact) mass is 932 g/mol. The van der Waals surface area contributed by atoms with Crippen LogP contribution in [0, 0.1) is 29.7 Å². The number of thiophene rings is 3. The Labute approximate surface area is 336 Å². The standard InChI is InChI=1S/C29H27N2S3.C15H28O2.Ir/c1-15(2)11-22-16(3)19-7-8-21-23(27(19)33-22)24-25(30-14-31-28(24)34-21)18-12-17-9-10-32-26(17)20(13-18)29(4,5)6;1-7-14(5,8-2)12(16)11-13(17)15(6,9-3)10-4;/h7-10,13-15H,11H2,1-6H3;11,16H,7-10H2,1-6H3;/q-1;;/b;12-11-;. The maximum atomic E-state index is 12.2. The number of hydrogen-bond donors (Lipinski definition) is 1. The molecule has 1 radical (unpaired) electrons. The molecule has 4 nitrogen and oxygen atoms in total. The van der Waals surface area contributed by atoms with E-state index in [9.17, 15) is 9.90 Å². The van der Waals surface area contributed by atoms with Gasteiger partial charge in [-0.05, 0) is 77.5 Å². The van der Waals surface area contributed by atoms with Crippen molar-refractivity contribution in [3.63, 3.8) is 0 Å². The van der Waals surface area contributed by atoms with Gasteiger partial charge in [-0.1, -0.05) is 93.4 Å². The summed E-state index contributed by atoms with van der Waals surface area (Å²) in [6.07, 6.45) is 7.59. The van der Waals surface area contributed by atoms with Gasteiger partial charge in [0.25, 0.3) is 0 Å². The van der Waals surface area contributed by atoms with E-state index < -0.39 is 0 Å². The molecule has 0 aliphatic rings. The fraction of sp³-hybridized carbons (Fsp3) is 0.477. The number of aryl methyl sites for hydroxylation is 1. The van der Waals surface area contributed by atoms with Crippen LogP contribution in [0.4, 0.5) is 0 Å². The van der Waals surface area contributed by atoms with Crippen molar-refractivity contribution in [2.24, 2.45) is 16.7 Å². The third-order valence-electron chi connectivity index (χ3n) is 11.2. The van der Waals surface area contributed by atoms with Gasteiger partial charge in [0.1, 0.15) is 16.9 Å². The van der Waals surface area contributed by atoms with Gasteiger partial charge >= 0.3 is 0 Å². The van der Waals surface area contributed by atoms with E-state index in [0.29, 0.717) is 5.92 Å². The average molecular weight is 932 g/mol. The van der Waals surface area contributed by atoms with Gasteiger partial charge in [0.2, 0.25) is 0 Å². The van der Waals surface area contributed by atoms with Crippen molar-refractivity contribution in [1.82, 2.24) is 9.97 Å². The number of rotatable bonds is 10. The van der Waals surface area contributed by atoms with Crippen LogP contribution in [0.3, 0.4) is 0 Å². The molecular formula is C44H55IrN2O2S3-. The van der Waals surface area contributed by atoms with E-state index in [1.807, 2.05) is 52.9 Å². The number of benzene rings is 2. The van der Waals surface area contributed by atoms with Crippen molar-refractivity contribution in [1.29, 1.82) is 0 Å². The van der Waals surface area contributed by atoms with Gasteiger partial charge in [-0.15, -0.1) is 46.3 Å². The maximum absolute atomic E-state index is 12.2. The Kier molecular flexibility index (Phi) is 13.4. The average Bonchev–Trinajstić information content (AvgIpc) is 3.81. The number of aliphatic hydroxyl groups excluding tert-OH is 1. The zero-order chi connectivity index (χ0) is 37.5. The minimum atomic E-state index is -0.337. The number of allylic oxidation sites excluding steroid dienone is 2. The Morgan fingerprint density at radius 2 is 1.56 bits per heavy atom. The second-order valence-electron chi connectivity index (χ2n) is 16.0. The first-order valence-corrected chi connectivity index (χ1v) is 21.0. The fourth-order valence-corrected chi connectivity index (χ4v) is 10.3. The molecule has 0 spiro atoms. The Bertz CT molecular complexity index is 2220. The quantitative estimate of drug-likeness (QED) is 0.0844. The van der Waals surface area contributed by atoms with Gasteiger partial charge in [-0.3, -0.25) is 9.78 Å². The zero-order valence-electron chi connectivity index (χ0n) is 33.0. The predicted molar refractivity (Wildman–Crippen MR) is 225 cm³/mol. The molecule has 52 heavy (non-hydrogen) atoms. The first kappa shape index (κ1) is 42.3. The van der Waals surface area contributed by atoms with Crippen molar-refractivity contribution in [3.05, 3.63) is 69.9 Å². The van der Waals surface area contributed by atoms with Crippen molar-refractivity contribution in [2.75, 3.05) is 0 Å². The van der Waals surface area contributed by atoms with Gasteiger partial charge in [0.05, 0.1) is 0 Å². The van der Waals surface area contributed by atoms with Gasteiger partial charge in [-0.25, -0.2) is 4.98 Å². The molecule has 281 valence electrons. The molecule has 6 rings (SSSR count). The van der Waals surface area contributed by atoms with E-state index in [-0.39, 0.29) is 47.9 Å². The molecule has 0 atom stereocenters. The SMILES string of the molecule is CCC(C)(CC)C(=O)/C=C(\O)C(C)(CC)CC.Cc1c(CC(C)C)sc2c1ccc1sc3ncnc(-c4[c-]c5ccsc5c(C(C)(C)C)c4)c3c12.[Ir]. The number of fused-ring (bicyclic) bond motifs is 6. The van der Waals surface area contributed by atoms with Gasteiger partial charge in [0, 0.05) is 67.8 Å². The van der Waals surface area contributed by atoms with E-state index in [4.69, 9.17) is 9.97 Å². The topological polar surface area (TPSA) is 63.1 Å². The molecule has 4 heterocycles. The number of aliphatic hydroxyl groups is 1. The number of nitrogens with zero attached hydrogens (tertiary/aromatic N) is 2. The number of hydrogen-bond acceptors (Lipinski definition) is 7. The molecule has 6 aromatic rings. The van der Waals surface area contributed by atoms with Crippen LogP contribution in [0.15, 0.2) is 47.8 Å². The number of ketones is 1. The number of carbonyl (C=O) groups is 1. The number of aromatic nitrogens is 2. The fourth-order valence-electron chi connectivity index (χ4n) is 6.56. The van der Waals surface area contributed by atoms with E-state index in [0.717, 1.165) is 48.2 Å². The molecule has 0 aliphatic heterocycles. The van der Waals surface area contributed by atoms with Gasteiger partial charge in [0.15, 0.2) is 5.78 Å². The van der Waals surface area contributed by atoms with Crippen molar-refractivity contribution < 1.29 is 30.0 Å². The van der Waals surface area contributed by atoms with E-state index in [2.05, 4.69) is 77.3 Å². The first-order chi connectivity index (χ1) is 24.0. The minimum Gasteiger partial charge on any atom is -0.512 e. The molecule has 2 aromatic carbocycles. The Morgan fingerprint density at radius 1 is 0.904 bits per heavy atom. The summed E-state index contributed by atoms with van der Waals surface area (Å²) in [6, 6.07) is 12.8. The third kappa shape index (κ3) is 8.12. The summed E-state index contributed by atoms with van der Waals surface area (Å²) in [7, 11) is 0. The summed E-state index contributed by atoms with van der Waals surface area (Å²) in [5.74, 6) is 0.928. The molecular weight excluding hydrogens is 877 g/mol. The predicted octanol–water partition coefficient (Wildman–Crippen LogP) is 14.2. The van der Waals surface area contributed by atoms with Crippen molar-refractivity contribution in [2.45, 2.75) is 121 Å². The molecule has 0 aliphatic carbocycles. The smallest absolute Gasteiger partial charge is 0.164 e. The van der Waals surface area contributed by atoms with Crippen LogP contribution in [0.1, 0.15) is 118 Å². The van der Waals surface area contributed by atoms with Crippen LogP contribution in [0.25, 0.3) is 51.7 Å². The van der Waals surface area contributed by atoms with Crippen LogP contribution < -0.4 is 0 Å². The molecule has 1 N–H and O–H groups in total.